The van der Waals surface area contributed by atoms with Crippen molar-refractivity contribution in [2.24, 2.45) is 0 Å². The van der Waals surface area contributed by atoms with Crippen LogP contribution in [0, 0.1) is 0 Å². The lowest BCUT2D eigenvalue weighted by atomic mass is 10.4. The number of nitrogens with zero attached hydrogens (tertiary/aromatic N) is 1. The molecular weight excluding hydrogens is 220 g/mol. The fourth-order valence-electron chi connectivity index (χ4n) is 1.45. The van der Waals surface area contributed by atoms with Gasteiger partial charge in [-0.25, -0.2) is 0 Å². The molecule has 0 unspecified atom stereocenters. The summed E-state index contributed by atoms with van der Waals surface area (Å²) >= 11 is 2.01. The van der Waals surface area contributed by atoms with Gasteiger partial charge in [-0.3, -0.25) is 0 Å². The van der Waals surface area contributed by atoms with Crippen LogP contribution in [0.15, 0.2) is 0 Å². The molecular formula is C12H28N2OS. The standard InChI is InChI=1S/C12H28N2OS/c1-4-14(5-2)9-7-13-8-12-16-11-6-10-15-3/h13H,4-12H2,1-3H3. The Bertz CT molecular complexity index is 132. The van der Waals surface area contributed by atoms with E-state index in [-0.39, 0.29) is 0 Å². The van der Waals surface area contributed by atoms with Gasteiger partial charge in [0.25, 0.3) is 0 Å². The fraction of sp³-hybridized carbons (Fsp3) is 1.00. The monoisotopic (exact) mass is 248 g/mol. The van der Waals surface area contributed by atoms with Crippen LogP contribution in [0.3, 0.4) is 0 Å². The van der Waals surface area contributed by atoms with E-state index in [1.165, 1.54) is 24.5 Å². The van der Waals surface area contributed by atoms with Gasteiger partial charge in [0, 0.05) is 39.1 Å². The molecule has 0 aromatic heterocycles. The van der Waals surface area contributed by atoms with Gasteiger partial charge in [-0.05, 0) is 25.3 Å². The van der Waals surface area contributed by atoms with Crippen LogP contribution in [0.2, 0.25) is 0 Å². The van der Waals surface area contributed by atoms with Crippen LogP contribution in [0.1, 0.15) is 20.3 Å². The first-order valence-electron chi connectivity index (χ1n) is 6.34. The Balaban J connectivity index is 3.03. The molecule has 0 aliphatic carbocycles. The molecule has 0 saturated heterocycles. The predicted molar refractivity (Wildman–Crippen MR) is 74.5 cm³/mol. The second kappa shape index (κ2) is 13.3. The molecule has 0 amide bonds. The molecule has 0 saturated carbocycles. The summed E-state index contributed by atoms with van der Waals surface area (Å²) in [6.45, 7) is 11.0. The lowest BCUT2D eigenvalue weighted by Crippen LogP contribution is -2.32. The topological polar surface area (TPSA) is 24.5 Å². The molecule has 1 N–H and O–H groups in total. The fourth-order valence-corrected chi connectivity index (χ4v) is 2.27. The van der Waals surface area contributed by atoms with Gasteiger partial charge < -0.3 is 15.0 Å². The summed E-state index contributed by atoms with van der Waals surface area (Å²) in [4.78, 5) is 2.44. The number of thioether (sulfide) groups is 1. The van der Waals surface area contributed by atoms with Crippen LogP contribution in [0.5, 0.6) is 0 Å². The zero-order chi connectivity index (χ0) is 12.1. The average molecular weight is 248 g/mol. The SMILES string of the molecule is CCN(CC)CCNCCSCCCOC. The molecule has 0 atom stereocenters. The van der Waals surface area contributed by atoms with Crippen LogP contribution in [0.25, 0.3) is 0 Å². The maximum atomic E-state index is 5.00. The third-order valence-electron chi connectivity index (χ3n) is 2.56. The summed E-state index contributed by atoms with van der Waals surface area (Å²) < 4.78 is 5.00. The normalized spacial score (nSPS) is 11.2. The molecule has 4 heteroatoms. The largest absolute Gasteiger partial charge is 0.385 e. The highest BCUT2D eigenvalue weighted by atomic mass is 32.2. The number of hydrogen-bond acceptors (Lipinski definition) is 4. The minimum absolute atomic E-state index is 0.891. The molecule has 0 radical (unpaired) electrons. The van der Waals surface area contributed by atoms with Crippen LogP contribution in [-0.2, 0) is 4.74 Å². The van der Waals surface area contributed by atoms with Crippen LogP contribution in [0.4, 0.5) is 0 Å². The Morgan fingerprint density at radius 2 is 1.88 bits per heavy atom. The highest BCUT2D eigenvalue weighted by Gasteiger charge is 1.97. The Labute approximate surface area is 105 Å². The quantitative estimate of drug-likeness (QED) is 0.531. The molecule has 0 bridgehead atoms. The third kappa shape index (κ3) is 10.7. The molecule has 3 nitrogen and oxygen atoms in total. The van der Waals surface area contributed by atoms with E-state index in [0.717, 1.165) is 32.8 Å². The molecule has 0 heterocycles. The highest BCUT2D eigenvalue weighted by Crippen LogP contribution is 2.00. The summed E-state index contributed by atoms with van der Waals surface area (Å²) in [5, 5.41) is 3.48. The van der Waals surface area contributed by atoms with Crippen molar-refractivity contribution in [2.45, 2.75) is 20.3 Å². The number of nitrogens with one attached hydrogen (secondary N) is 1. The maximum Gasteiger partial charge on any atom is 0.0470 e. The van der Waals surface area contributed by atoms with Gasteiger partial charge in [0.1, 0.15) is 0 Å². The summed E-state index contributed by atoms with van der Waals surface area (Å²) in [6.07, 6.45) is 1.17. The Morgan fingerprint density at radius 1 is 1.12 bits per heavy atom. The average Bonchev–Trinajstić information content (AvgIpc) is 2.32. The smallest absolute Gasteiger partial charge is 0.0470 e. The van der Waals surface area contributed by atoms with E-state index in [2.05, 4.69) is 24.1 Å². The van der Waals surface area contributed by atoms with Crippen LogP contribution in [-0.4, -0.2) is 62.8 Å². The van der Waals surface area contributed by atoms with E-state index in [4.69, 9.17) is 4.74 Å². The van der Waals surface area contributed by atoms with Crippen molar-refractivity contribution >= 4 is 11.8 Å². The minimum atomic E-state index is 0.891. The van der Waals surface area contributed by atoms with Gasteiger partial charge in [0.05, 0.1) is 0 Å². The Kier molecular flexibility index (Phi) is 13.5. The number of likely N-dealkylation sites (N-methyl/N-ethyl adjacent to an activating group) is 1. The molecule has 0 rings (SSSR count). The Hall–Kier alpha value is 0.230. The van der Waals surface area contributed by atoms with E-state index in [1.54, 1.807) is 7.11 Å². The van der Waals surface area contributed by atoms with Crippen LogP contribution < -0.4 is 5.32 Å². The predicted octanol–water partition coefficient (Wildman–Crippen LogP) is 1.69. The van der Waals surface area contributed by atoms with E-state index >= 15 is 0 Å². The van der Waals surface area contributed by atoms with Gasteiger partial charge in [-0.2, -0.15) is 11.8 Å². The van der Waals surface area contributed by atoms with Crippen molar-refractivity contribution in [1.82, 2.24) is 10.2 Å². The van der Waals surface area contributed by atoms with Crippen molar-refractivity contribution < 1.29 is 4.74 Å². The van der Waals surface area contributed by atoms with Crippen LogP contribution >= 0.6 is 11.8 Å². The summed E-state index contributed by atoms with van der Waals surface area (Å²) in [6, 6.07) is 0. The Morgan fingerprint density at radius 3 is 2.50 bits per heavy atom. The highest BCUT2D eigenvalue weighted by molar-refractivity contribution is 7.99. The van der Waals surface area contributed by atoms with E-state index in [9.17, 15) is 0 Å². The lowest BCUT2D eigenvalue weighted by molar-refractivity contribution is 0.200. The first-order chi connectivity index (χ1) is 7.85. The first-order valence-corrected chi connectivity index (χ1v) is 7.50. The van der Waals surface area contributed by atoms with E-state index in [0.29, 0.717) is 0 Å². The summed E-state index contributed by atoms with van der Waals surface area (Å²) in [5.74, 6) is 2.42. The van der Waals surface area contributed by atoms with Crippen molar-refractivity contribution in [3.05, 3.63) is 0 Å². The van der Waals surface area contributed by atoms with E-state index in [1.807, 2.05) is 11.8 Å². The molecule has 0 aliphatic heterocycles. The molecule has 0 spiro atoms. The van der Waals surface area contributed by atoms with Gasteiger partial charge in [0.2, 0.25) is 0 Å². The van der Waals surface area contributed by atoms with Crippen molar-refractivity contribution in [3.63, 3.8) is 0 Å². The minimum Gasteiger partial charge on any atom is -0.385 e. The van der Waals surface area contributed by atoms with Gasteiger partial charge in [0.15, 0.2) is 0 Å². The second-order valence-corrected chi connectivity index (χ2v) is 4.96. The van der Waals surface area contributed by atoms with E-state index < -0.39 is 0 Å². The third-order valence-corrected chi connectivity index (χ3v) is 3.63. The number of ether oxygens (including phenoxy) is 1. The molecule has 0 fully saturated rings. The zero-order valence-electron chi connectivity index (χ0n) is 11.1. The van der Waals surface area contributed by atoms with Crippen molar-refractivity contribution in [1.29, 1.82) is 0 Å². The van der Waals surface area contributed by atoms with Gasteiger partial charge in [-0.15, -0.1) is 0 Å². The maximum absolute atomic E-state index is 5.00. The number of hydrogen-bond donors (Lipinski definition) is 1. The molecule has 98 valence electrons. The summed E-state index contributed by atoms with van der Waals surface area (Å²) in [7, 11) is 1.76. The lowest BCUT2D eigenvalue weighted by Gasteiger charge is -2.17. The summed E-state index contributed by atoms with van der Waals surface area (Å²) in [5.41, 5.74) is 0. The molecule has 0 aliphatic rings. The van der Waals surface area contributed by atoms with Crippen molar-refractivity contribution in [2.75, 3.05) is 57.9 Å². The first kappa shape index (κ1) is 16.2. The molecule has 0 aromatic carbocycles. The second-order valence-electron chi connectivity index (χ2n) is 3.74. The van der Waals surface area contributed by atoms with Crippen molar-refractivity contribution in [3.8, 4) is 0 Å². The molecule has 16 heavy (non-hydrogen) atoms. The zero-order valence-corrected chi connectivity index (χ0v) is 11.9. The van der Waals surface area contributed by atoms with Gasteiger partial charge in [-0.1, -0.05) is 13.8 Å². The van der Waals surface area contributed by atoms with Gasteiger partial charge >= 0.3 is 0 Å². The number of methoxy groups -OCH3 is 1. The molecule has 0 aromatic rings. The number of rotatable bonds is 12.